The van der Waals surface area contributed by atoms with E-state index in [-0.39, 0.29) is 19.1 Å². The van der Waals surface area contributed by atoms with E-state index in [1.807, 2.05) is 43.3 Å². The fourth-order valence-electron chi connectivity index (χ4n) is 3.14. The normalized spacial score (nSPS) is 10.8. The summed E-state index contributed by atoms with van der Waals surface area (Å²) >= 11 is 7.26. The first-order valence-electron chi connectivity index (χ1n) is 10.2. The molecule has 0 saturated carbocycles. The zero-order valence-corrected chi connectivity index (χ0v) is 19.5. The average molecular weight is 482 g/mol. The molecule has 0 aliphatic carbocycles. The zero-order chi connectivity index (χ0) is 23.4. The highest BCUT2D eigenvalue weighted by atomic mass is 35.5. The molecule has 4 aromatic rings. The third-order valence-electron chi connectivity index (χ3n) is 4.72. The lowest BCUT2D eigenvalue weighted by Gasteiger charge is -2.12. The number of hydrogen-bond acceptors (Lipinski definition) is 7. The maximum atomic E-state index is 13.2. The number of aryl methyl sites for hydroxylation is 1. The number of aromatic nitrogens is 2. The molecule has 0 bridgehead atoms. The Hall–Kier alpha value is -3.49. The van der Waals surface area contributed by atoms with E-state index < -0.39 is 5.97 Å². The second kappa shape index (κ2) is 9.97. The van der Waals surface area contributed by atoms with Crippen molar-refractivity contribution >= 4 is 50.8 Å². The first kappa shape index (κ1) is 22.7. The van der Waals surface area contributed by atoms with Crippen molar-refractivity contribution in [2.24, 2.45) is 0 Å². The Morgan fingerprint density at radius 1 is 1.15 bits per heavy atom. The van der Waals surface area contributed by atoms with Gasteiger partial charge in [0.2, 0.25) is 5.88 Å². The van der Waals surface area contributed by atoms with E-state index >= 15 is 0 Å². The third kappa shape index (κ3) is 5.30. The number of carbonyl (C=O) groups is 2. The molecule has 33 heavy (non-hydrogen) atoms. The van der Waals surface area contributed by atoms with Crippen LogP contribution in [0.15, 0.2) is 54.7 Å². The van der Waals surface area contributed by atoms with Gasteiger partial charge in [0.1, 0.15) is 11.5 Å². The summed E-state index contributed by atoms with van der Waals surface area (Å²) in [5, 5.41) is 4.32. The molecule has 1 N–H and O–H groups in total. The lowest BCUT2D eigenvalue weighted by molar-refractivity contribution is 0.0531. The second-order valence-electron chi connectivity index (χ2n) is 7.11. The number of pyridine rings is 1. The van der Waals surface area contributed by atoms with Gasteiger partial charge in [0, 0.05) is 22.0 Å². The number of nitrogens with zero attached hydrogens (tertiary/aromatic N) is 2. The van der Waals surface area contributed by atoms with Crippen LogP contribution in [0.1, 0.15) is 38.1 Å². The standard InChI is InChI=1S/C24H20ClN3O4S/c1-3-31-23(30)20-12-26-24(33-20)28-22(29)17-11-21(27-19-9-8-14(2)10-16(17)19)32-13-15-6-4-5-7-18(15)25/h4-12H,3,13H2,1-2H3,(H,26,28,29). The maximum Gasteiger partial charge on any atom is 0.350 e. The Balaban J connectivity index is 1.62. The van der Waals surface area contributed by atoms with E-state index in [1.165, 1.54) is 6.20 Å². The van der Waals surface area contributed by atoms with Crippen molar-refractivity contribution in [2.75, 3.05) is 11.9 Å². The van der Waals surface area contributed by atoms with Gasteiger partial charge in [-0.2, -0.15) is 0 Å². The Morgan fingerprint density at radius 3 is 2.76 bits per heavy atom. The number of ether oxygens (including phenoxy) is 2. The van der Waals surface area contributed by atoms with E-state index in [4.69, 9.17) is 21.1 Å². The van der Waals surface area contributed by atoms with Crippen LogP contribution >= 0.6 is 22.9 Å². The highest BCUT2D eigenvalue weighted by molar-refractivity contribution is 7.17. The number of amides is 1. The first-order valence-corrected chi connectivity index (χ1v) is 11.4. The maximum absolute atomic E-state index is 13.2. The van der Waals surface area contributed by atoms with Crippen LogP contribution in [0, 0.1) is 6.92 Å². The monoisotopic (exact) mass is 481 g/mol. The largest absolute Gasteiger partial charge is 0.473 e. The minimum absolute atomic E-state index is 0.209. The van der Waals surface area contributed by atoms with E-state index in [0.717, 1.165) is 22.5 Å². The van der Waals surface area contributed by atoms with Gasteiger partial charge < -0.3 is 9.47 Å². The molecule has 0 fully saturated rings. The lowest BCUT2D eigenvalue weighted by Crippen LogP contribution is -2.13. The van der Waals surface area contributed by atoms with Gasteiger partial charge in [0.05, 0.1) is 23.9 Å². The number of anilines is 1. The summed E-state index contributed by atoms with van der Waals surface area (Å²) < 4.78 is 10.8. The Kier molecular flexibility index (Phi) is 6.86. The summed E-state index contributed by atoms with van der Waals surface area (Å²) in [4.78, 5) is 34.0. The Labute approximate surface area is 199 Å². The molecule has 0 atom stereocenters. The SMILES string of the molecule is CCOC(=O)c1cnc(NC(=O)c2cc(OCc3ccccc3Cl)nc3ccc(C)cc23)s1. The molecule has 1 amide bonds. The van der Waals surface area contributed by atoms with Crippen LogP contribution in [0.25, 0.3) is 10.9 Å². The van der Waals surface area contributed by atoms with Gasteiger partial charge in [-0.15, -0.1) is 0 Å². The summed E-state index contributed by atoms with van der Waals surface area (Å²) in [5.74, 6) is -0.570. The van der Waals surface area contributed by atoms with Crippen LogP contribution in [0.5, 0.6) is 5.88 Å². The van der Waals surface area contributed by atoms with Crippen molar-refractivity contribution in [3.05, 3.63) is 81.3 Å². The molecule has 2 aromatic carbocycles. The van der Waals surface area contributed by atoms with Crippen LogP contribution in [0.2, 0.25) is 5.02 Å². The molecule has 0 spiro atoms. The Bertz CT molecular complexity index is 1340. The highest BCUT2D eigenvalue weighted by Crippen LogP contribution is 2.27. The number of carbonyl (C=O) groups excluding carboxylic acids is 2. The molecule has 2 heterocycles. The predicted molar refractivity (Wildman–Crippen MR) is 128 cm³/mol. The summed E-state index contributed by atoms with van der Waals surface area (Å²) in [6, 6.07) is 14.6. The average Bonchev–Trinajstić information content (AvgIpc) is 3.27. The molecule has 0 radical (unpaired) electrons. The van der Waals surface area contributed by atoms with Crippen molar-refractivity contribution in [1.82, 2.24) is 9.97 Å². The number of hydrogen-bond donors (Lipinski definition) is 1. The van der Waals surface area contributed by atoms with Gasteiger partial charge in [0.15, 0.2) is 5.13 Å². The molecular formula is C24H20ClN3O4S. The molecule has 168 valence electrons. The number of nitrogens with one attached hydrogen (secondary N) is 1. The van der Waals surface area contributed by atoms with Crippen LogP contribution in [-0.4, -0.2) is 28.5 Å². The minimum atomic E-state index is -0.476. The molecule has 0 unspecified atom stereocenters. The summed E-state index contributed by atoms with van der Waals surface area (Å²) in [6.45, 7) is 4.14. The van der Waals surface area contributed by atoms with Crippen LogP contribution in [0.4, 0.5) is 5.13 Å². The molecular weight excluding hydrogens is 462 g/mol. The van der Waals surface area contributed by atoms with E-state index in [0.29, 0.717) is 37.4 Å². The number of halogens is 1. The van der Waals surface area contributed by atoms with Gasteiger partial charge in [-0.25, -0.2) is 14.8 Å². The number of thiazole rings is 1. The van der Waals surface area contributed by atoms with Crippen LogP contribution < -0.4 is 10.1 Å². The summed E-state index contributed by atoms with van der Waals surface area (Å²) in [6.07, 6.45) is 1.38. The van der Waals surface area contributed by atoms with Crippen molar-refractivity contribution in [1.29, 1.82) is 0 Å². The van der Waals surface area contributed by atoms with Gasteiger partial charge in [0.25, 0.3) is 5.91 Å². The molecule has 7 nitrogen and oxygen atoms in total. The highest BCUT2D eigenvalue weighted by Gasteiger charge is 2.18. The van der Waals surface area contributed by atoms with Crippen LogP contribution in [0.3, 0.4) is 0 Å². The molecule has 4 rings (SSSR count). The van der Waals surface area contributed by atoms with Crippen molar-refractivity contribution < 1.29 is 19.1 Å². The van der Waals surface area contributed by atoms with Crippen molar-refractivity contribution in [3.8, 4) is 5.88 Å². The van der Waals surface area contributed by atoms with Gasteiger partial charge >= 0.3 is 5.97 Å². The number of fused-ring (bicyclic) bond motifs is 1. The van der Waals surface area contributed by atoms with Crippen molar-refractivity contribution in [2.45, 2.75) is 20.5 Å². The first-order chi connectivity index (χ1) is 15.9. The van der Waals surface area contributed by atoms with E-state index in [2.05, 4.69) is 15.3 Å². The summed E-state index contributed by atoms with van der Waals surface area (Å²) in [7, 11) is 0. The zero-order valence-electron chi connectivity index (χ0n) is 17.9. The number of rotatable bonds is 7. The molecule has 0 aliphatic heterocycles. The van der Waals surface area contributed by atoms with E-state index in [1.54, 1.807) is 19.1 Å². The van der Waals surface area contributed by atoms with E-state index in [9.17, 15) is 9.59 Å². The molecule has 9 heteroatoms. The quantitative estimate of drug-likeness (QED) is 0.342. The lowest BCUT2D eigenvalue weighted by atomic mass is 10.1. The smallest absolute Gasteiger partial charge is 0.350 e. The predicted octanol–water partition coefficient (Wildman–Crippen LogP) is 5.66. The Morgan fingerprint density at radius 2 is 1.97 bits per heavy atom. The van der Waals surface area contributed by atoms with Gasteiger partial charge in [-0.05, 0) is 32.0 Å². The van der Waals surface area contributed by atoms with Crippen molar-refractivity contribution in [3.63, 3.8) is 0 Å². The topological polar surface area (TPSA) is 90.4 Å². The molecule has 0 aliphatic rings. The minimum Gasteiger partial charge on any atom is -0.473 e. The van der Waals surface area contributed by atoms with Gasteiger partial charge in [-0.3, -0.25) is 10.1 Å². The molecule has 2 aromatic heterocycles. The second-order valence-corrected chi connectivity index (χ2v) is 8.55. The fraction of sp³-hybridized carbons (Fsp3) is 0.167. The number of benzene rings is 2. The fourth-order valence-corrected chi connectivity index (χ4v) is 4.03. The molecule has 0 saturated heterocycles. The van der Waals surface area contributed by atoms with Gasteiger partial charge in [-0.1, -0.05) is 52.8 Å². The van der Waals surface area contributed by atoms with Crippen LogP contribution in [-0.2, 0) is 11.3 Å². The number of esters is 1. The third-order valence-corrected chi connectivity index (χ3v) is 5.98. The summed E-state index contributed by atoms with van der Waals surface area (Å²) in [5.41, 5.74) is 2.80.